The number of esters is 1. The predicted molar refractivity (Wildman–Crippen MR) is 87.5 cm³/mol. The van der Waals surface area contributed by atoms with Gasteiger partial charge in [-0.25, -0.2) is 4.79 Å². The summed E-state index contributed by atoms with van der Waals surface area (Å²) in [5.74, 6) is 0.198. The minimum atomic E-state index is -0.561. The fourth-order valence-electron chi connectivity index (χ4n) is 2.06. The van der Waals surface area contributed by atoms with E-state index in [2.05, 4.69) is 5.16 Å². The highest BCUT2D eigenvalue weighted by molar-refractivity contribution is 6.43. The zero-order chi connectivity index (χ0) is 16.7. The van der Waals surface area contributed by atoms with Crippen molar-refractivity contribution in [1.82, 2.24) is 0 Å². The molecule has 0 spiro atoms. The lowest BCUT2D eigenvalue weighted by atomic mass is 10.0. The molecule has 0 aliphatic heterocycles. The first-order valence-electron chi connectivity index (χ1n) is 7.13. The molecule has 0 unspecified atom stereocenters. The van der Waals surface area contributed by atoms with Gasteiger partial charge >= 0.3 is 5.97 Å². The van der Waals surface area contributed by atoms with E-state index in [9.17, 15) is 4.79 Å². The molecule has 0 radical (unpaired) electrons. The lowest BCUT2D eigenvalue weighted by Gasteiger charge is -2.11. The van der Waals surface area contributed by atoms with Gasteiger partial charge in [-0.2, -0.15) is 0 Å². The number of carbonyl (C=O) groups excluding carboxylic acids is 1. The molecule has 0 fully saturated rings. The van der Waals surface area contributed by atoms with Crippen molar-refractivity contribution in [2.24, 2.45) is 5.16 Å². The van der Waals surface area contributed by atoms with Crippen molar-refractivity contribution >= 4 is 11.7 Å². The molecular formula is C18H19NO4. The molecule has 0 N–H and O–H groups in total. The van der Waals surface area contributed by atoms with Gasteiger partial charge in [0.05, 0.1) is 7.11 Å². The highest BCUT2D eigenvalue weighted by Crippen LogP contribution is 2.17. The number of nitrogens with zero attached hydrogens (tertiary/aromatic N) is 1. The number of methoxy groups -OCH3 is 1. The Morgan fingerprint density at radius 3 is 2.39 bits per heavy atom. The summed E-state index contributed by atoms with van der Waals surface area (Å²) in [6, 6.07) is 15.1. The summed E-state index contributed by atoms with van der Waals surface area (Å²) in [6.07, 6.45) is 0. The van der Waals surface area contributed by atoms with E-state index in [4.69, 9.17) is 14.3 Å². The second-order valence-corrected chi connectivity index (χ2v) is 4.87. The average molecular weight is 313 g/mol. The maximum absolute atomic E-state index is 11.9. The molecule has 0 aromatic heterocycles. The van der Waals surface area contributed by atoms with Gasteiger partial charge in [0, 0.05) is 5.56 Å². The van der Waals surface area contributed by atoms with Crippen LogP contribution in [0.15, 0.2) is 53.7 Å². The third-order valence-electron chi connectivity index (χ3n) is 3.25. The van der Waals surface area contributed by atoms with Crippen LogP contribution in [-0.4, -0.2) is 25.9 Å². The minimum Gasteiger partial charge on any atom is -0.489 e. The summed E-state index contributed by atoms with van der Waals surface area (Å²) >= 11 is 0. The van der Waals surface area contributed by atoms with E-state index < -0.39 is 5.97 Å². The molecule has 5 nitrogen and oxygen atoms in total. The second kappa shape index (κ2) is 7.98. The summed E-state index contributed by atoms with van der Waals surface area (Å²) < 4.78 is 10.5. The van der Waals surface area contributed by atoms with Crippen LogP contribution < -0.4 is 4.74 Å². The molecule has 0 bridgehead atoms. The minimum absolute atomic E-state index is 0.109. The lowest BCUT2D eigenvalue weighted by molar-refractivity contribution is -0.132. The molecule has 2 rings (SSSR count). The van der Waals surface area contributed by atoms with Gasteiger partial charge < -0.3 is 14.3 Å². The van der Waals surface area contributed by atoms with Crippen LogP contribution >= 0.6 is 0 Å². The molecular weight excluding hydrogens is 294 g/mol. The molecule has 0 saturated heterocycles. The molecule has 2 aromatic rings. The van der Waals surface area contributed by atoms with Crippen LogP contribution in [-0.2, 0) is 21.0 Å². The van der Waals surface area contributed by atoms with Crippen molar-refractivity contribution < 1.29 is 19.1 Å². The number of ether oxygens (including phenoxy) is 2. The summed E-state index contributed by atoms with van der Waals surface area (Å²) in [4.78, 5) is 16.7. The van der Waals surface area contributed by atoms with Crippen LogP contribution in [0.5, 0.6) is 5.75 Å². The summed E-state index contributed by atoms with van der Waals surface area (Å²) in [7, 11) is 2.69. The van der Waals surface area contributed by atoms with Crippen molar-refractivity contribution in [2.75, 3.05) is 14.2 Å². The van der Waals surface area contributed by atoms with Gasteiger partial charge in [-0.1, -0.05) is 47.1 Å². The molecule has 23 heavy (non-hydrogen) atoms. The van der Waals surface area contributed by atoms with Crippen LogP contribution in [0.3, 0.4) is 0 Å². The van der Waals surface area contributed by atoms with Crippen LogP contribution in [0, 0.1) is 6.92 Å². The van der Waals surface area contributed by atoms with Gasteiger partial charge in [-0.3, -0.25) is 0 Å². The standard InChI is InChI=1S/C18H19NO4/c1-13-8-10-15(11-9-13)23-12-14-6-4-5-7-16(14)17(19-22-3)18(20)21-2/h4-11H,12H2,1-3H3/b19-17+. The monoisotopic (exact) mass is 313 g/mol. The Hall–Kier alpha value is -2.82. The van der Waals surface area contributed by atoms with Gasteiger partial charge in [0.2, 0.25) is 0 Å². The van der Waals surface area contributed by atoms with Crippen molar-refractivity contribution in [2.45, 2.75) is 13.5 Å². The molecule has 0 atom stereocenters. The summed E-state index contributed by atoms with van der Waals surface area (Å²) in [5, 5.41) is 3.78. The topological polar surface area (TPSA) is 57.1 Å². The smallest absolute Gasteiger partial charge is 0.360 e. The molecule has 2 aromatic carbocycles. The van der Waals surface area contributed by atoms with Gasteiger partial charge in [-0.05, 0) is 24.6 Å². The van der Waals surface area contributed by atoms with Crippen molar-refractivity contribution in [3.05, 3.63) is 65.2 Å². The molecule has 0 amide bonds. The lowest BCUT2D eigenvalue weighted by Crippen LogP contribution is -2.19. The maximum atomic E-state index is 11.9. The number of carbonyl (C=O) groups is 1. The number of oxime groups is 1. The molecule has 5 heteroatoms. The molecule has 0 aliphatic rings. The van der Waals surface area contributed by atoms with E-state index in [1.165, 1.54) is 14.2 Å². The van der Waals surface area contributed by atoms with Crippen LogP contribution in [0.25, 0.3) is 0 Å². The number of hydrogen-bond acceptors (Lipinski definition) is 5. The fraction of sp³-hybridized carbons (Fsp3) is 0.222. The van der Waals surface area contributed by atoms with Crippen LogP contribution in [0.2, 0.25) is 0 Å². The fourth-order valence-corrected chi connectivity index (χ4v) is 2.06. The number of rotatable bonds is 6. The van der Waals surface area contributed by atoms with E-state index in [1.54, 1.807) is 6.07 Å². The summed E-state index contributed by atoms with van der Waals surface area (Å²) in [5.41, 5.74) is 2.71. The Bertz CT molecular complexity index is 692. The van der Waals surface area contributed by atoms with Crippen molar-refractivity contribution in [1.29, 1.82) is 0 Å². The van der Waals surface area contributed by atoms with E-state index in [0.717, 1.165) is 16.9 Å². The third-order valence-corrected chi connectivity index (χ3v) is 3.25. The van der Waals surface area contributed by atoms with Gasteiger partial charge in [0.25, 0.3) is 0 Å². The second-order valence-electron chi connectivity index (χ2n) is 4.87. The third kappa shape index (κ3) is 4.32. The van der Waals surface area contributed by atoms with E-state index in [1.807, 2.05) is 49.4 Å². The summed E-state index contributed by atoms with van der Waals surface area (Å²) in [6.45, 7) is 2.32. The number of benzene rings is 2. The zero-order valence-electron chi connectivity index (χ0n) is 13.4. The highest BCUT2D eigenvalue weighted by Gasteiger charge is 2.19. The Morgan fingerprint density at radius 1 is 1.04 bits per heavy atom. The van der Waals surface area contributed by atoms with Crippen molar-refractivity contribution in [3.63, 3.8) is 0 Å². The number of aryl methyl sites for hydroxylation is 1. The molecule has 120 valence electrons. The van der Waals surface area contributed by atoms with E-state index in [-0.39, 0.29) is 5.71 Å². The van der Waals surface area contributed by atoms with E-state index in [0.29, 0.717) is 12.2 Å². The quantitative estimate of drug-likeness (QED) is 0.467. The first-order valence-corrected chi connectivity index (χ1v) is 7.13. The van der Waals surface area contributed by atoms with Crippen LogP contribution in [0.1, 0.15) is 16.7 Å². The highest BCUT2D eigenvalue weighted by atomic mass is 16.6. The average Bonchev–Trinajstić information content (AvgIpc) is 2.59. The Morgan fingerprint density at radius 2 is 1.74 bits per heavy atom. The molecule has 0 saturated carbocycles. The van der Waals surface area contributed by atoms with Gasteiger partial charge in [0.15, 0.2) is 5.71 Å². The normalized spacial score (nSPS) is 11.0. The molecule has 0 heterocycles. The predicted octanol–water partition coefficient (Wildman–Crippen LogP) is 3.10. The Kier molecular flexibility index (Phi) is 5.74. The van der Waals surface area contributed by atoms with Gasteiger partial charge in [-0.15, -0.1) is 0 Å². The van der Waals surface area contributed by atoms with E-state index >= 15 is 0 Å². The number of hydrogen-bond donors (Lipinski definition) is 0. The Labute approximate surface area is 135 Å². The van der Waals surface area contributed by atoms with Gasteiger partial charge in [0.1, 0.15) is 19.5 Å². The first kappa shape index (κ1) is 16.5. The largest absolute Gasteiger partial charge is 0.489 e. The van der Waals surface area contributed by atoms with Crippen molar-refractivity contribution in [3.8, 4) is 5.75 Å². The zero-order valence-corrected chi connectivity index (χ0v) is 13.4. The first-order chi connectivity index (χ1) is 11.2. The Balaban J connectivity index is 2.24. The maximum Gasteiger partial charge on any atom is 0.360 e. The molecule has 0 aliphatic carbocycles. The SMILES string of the molecule is CO/N=C(/C(=O)OC)c1ccccc1COc1ccc(C)cc1. The van der Waals surface area contributed by atoms with Crippen LogP contribution in [0.4, 0.5) is 0 Å².